The molecule has 0 aliphatic rings. The number of hydrogen-bond acceptors (Lipinski definition) is 5. The molecule has 3 aromatic rings. The Bertz CT molecular complexity index is 980. The molecule has 7 heteroatoms. The third-order valence-electron chi connectivity index (χ3n) is 4.09. The van der Waals surface area contributed by atoms with Crippen LogP contribution in [0.4, 0.5) is 5.69 Å². The number of rotatable bonds is 5. The van der Waals surface area contributed by atoms with E-state index in [1.54, 1.807) is 13.0 Å². The van der Waals surface area contributed by atoms with E-state index in [9.17, 15) is 9.59 Å². The van der Waals surface area contributed by atoms with Crippen LogP contribution in [0.1, 0.15) is 27.3 Å². The van der Waals surface area contributed by atoms with Gasteiger partial charge in [0.15, 0.2) is 12.3 Å². The number of aryl methyl sites for hydroxylation is 3. The normalized spacial score (nSPS) is 10.5. The van der Waals surface area contributed by atoms with Crippen molar-refractivity contribution in [1.82, 2.24) is 15.0 Å². The molecule has 1 amide bonds. The van der Waals surface area contributed by atoms with Gasteiger partial charge in [0.1, 0.15) is 0 Å². The second kappa shape index (κ2) is 7.82. The first-order chi connectivity index (χ1) is 12.9. The van der Waals surface area contributed by atoms with Gasteiger partial charge < -0.3 is 10.1 Å². The summed E-state index contributed by atoms with van der Waals surface area (Å²) in [5, 5.41) is 11.1. The molecule has 27 heavy (non-hydrogen) atoms. The lowest BCUT2D eigenvalue weighted by Gasteiger charge is -2.08. The van der Waals surface area contributed by atoms with Gasteiger partial charge in [0.25, 0.3) is 5.91 Å². The lowest BCUT2D eigenvalue weighted by atomic mass is 10.1. The molecule has 0 saturated heterocycles. The summed E-state index contributed by atoms with van der Waals surface area (Å²) in [7, 11) is 0. The van der Waals surface area contributed by atoms with E-state index in [4.69, 9.17) is 4.74 Å². The molecular weight excluding hydrogens is 344 g/mol. The summed E-state index contributed by atoms with van der Waals surface area (Å²) in [6, 6.07) is 14.8. The Morgan fingerprint density at radius 3 is 2.44 bits per heavy atom. The fourth-order valence-electron chi connectivity index (χ4n) is 2.46. The first kappa shape index (κ1) is 18.3. The van der Waals surface area contributed by atoms with E-state index in [0.29, 0.717) is 11.4 Å². The van der Waals surface area contributed by atoms with Crippen molar-refractivity contribution in [2.24, 2.45) is 0 Å². The number of anilines is 1. The van der Waals surface area contributed by atoms with Gasteiger partial charge in [-0.15, -0.1) is 5.10 Å². The summed E-state index contributed by atoms with van der Waals surface area (Å²) in [6.45, 7) is 5.22. The highest BCUT2D eigenvalue weighted by atomic mass is 16.5. The van der Waals surface area contributed by atoms with Crippen molar-refractivity contribution in [3.63, 3.8) is 0 Å². The molecule has 0 unspecified atom stereocenters. The van der Waals surface area contributed by atoms with E-state index in [0.717, 1.165) is 16.8 Å². The Morgan fingerprint density at radius 1 is 1.00 bits per heavy atom. The van der Waals surface area contributed by atoms with Crippen molar-refractivity contribution in [1.29, 1.82) is 0 Å². The van der Waals surface area contributed by atoms with Crippen LogP contribution in [0.3, 0.4) is 0 Å². The van der Waals surface area contributed by atoms with Gasteiger partial charge in [-0.05, 0) is 56.2 Å². The fourth-order valence-corrected chi connectivity index (χ4v) is 2.46. The van der Waals surface area contributed by atoms with E-state index < -0.39 is 18.5 Å². The molecule has 1 aromatic heterocycles. The number of aromatic nitrogens is 3. The summed E-state index contributed by atoms with van der Waals surface area (Å²) in [5.74, 6) is -1.11. The lowest BCUT2D eigenvalue weighted by Crippen LogP contribution is -2.21. The predicted octanol–water partition coefficient (Wildman–Crippen LogP) is 2.99. The highest BCUT2D eigenvalue weighted by molar-refractivity contribution is 5.95. The van der Waals surface area contributed by atoms with Crippen molar-refractivity contribution in [3.8, 4) is 5.69 Å². The number of nitrogens with zero attached hydrogens (tertiary/aromatic N) is 3. The summed E-state index contributed by atoms with van der Waals surface area (Å²) >= 11 is 0. The zero-order chi connectivity index (χ0) is 19.4. The van der Waals surface area contributed by atoms with E-state index in [1.165, 1.54) is 4.80 Å². The van der Waals surface area contributed by atoms with E-state index in [-0.39, 0.29) is 5.69 Å². The van der Waals surface area contributed by atoms with Gasteiger partial charge >= 0.3 is 5.97 Å². The smallest absolute Gasteiger partial charge is 0.361 e. The second-order valence-corrected chi connectivity index (χ2v) is 6.18. The van der Waals surface area contributed by atoms with Gasteiger partial charge in [0.05, 0.1) is 11.4 Å². The SMILES string of the molecule is Cc1ccc(NC(=O)COC(=O)c2nn(-c3ccccc3)nc2C)cc1C. The third kappa shape index (κ3) is 4.38. The molecule has 0 atom stereocenters. The minimum absolute atomic E-state index is 0.0813. The Hall–Kier alpha value is -3.48. The van der Waals surface area contributed by atoms with Crippen LogP contribution in [0.25, 0.3) is 5.69 Å². The molecule has 7 nitrogen and oxygen atoms in total. The number of nitrogens with one attached hydrogen (secondary N) is 1. The highest BCUT2D eigenvalue weighted by Crippen LogP contribution is 2.14. The Labute approximate surface area is 157 Å². The Morgan fingerprint density at radius 2 is 1.74 bits per heavy atom. The topological polar surface area (TPSA) is 86.1 Å². The standard InChI is InChI=1S/C20H20N4O3/c1-13-9-10-16(11-14(13)2)21-18(25)12-27-20(26)19-15(3)22-24(23-19)17-7-5-4-6-8-17/h4-11H,12H2,1-3H3,(H,21,25). The van der Waals surface area contributed by atoms with Crippen molar-refractivity contribution in [3.05, 3.63) is 71.0 Å². The minimum atomic E-state index is -0.690. The summed E-state index contributed by atoms with van der Waals surface area (Å²) in [4.78, 5) is 25.6. The van der Waals surface area contributed by atoms with E-state index in [2.05, 4.69) is 15.5 Å². The highest BCUT2D eigenvalue weighted by Gasteiger charge is 2.19. The van der Waals surface area contributed by atoms with Gasteiger partial charge in [-0.2, -0.15) is 9.90 Å². The quantitative estimate of drug-likeness (QED) is 0.704. The van der Waals surface area contributed by atoms with Crippen molar-refractivity contribution in [2.75, 3.05) is 11.9 Å². The van der Waals surface area contributed by atoms with Gasteiger partial charge in [-0.25, -0.2) is 4.79 Å². The average molecular weight is 364 g/mol. The average Bonchev–Trinajstić information content (AvgIpc) is 3.05. The number of hydrogen-bond donors (Lipinski definition) is 1. The van der Waals surface area contributed by atoms with Crippen LogP contribution < -0.4 is 5.32 Å². The molecule has 0 bridgehead atoms. The predicted molar refractivity (Wildman–Crippen MR) is 101 cm³/mol. The van der Waals surface area contributed by atoms with Gasteiger partial charge in [-0.1, -0.05) is 24.3 Å². The van der Waals surface area contributed by atoms with Crippen molar-refractivity contribution < 1.29 is 14.3 Å². The number of carbonyl (C=O) groups excluding carboxylic acids is 2. The fraction of sp³-hybridized carbons (Fsp3) is 0.200. The van der Waals surface area contributed by atoms with Crippen LogP contribution in [0.2, 0.25) is 0 Å². The monoisotopic (exact) mass is 364 g/mol. The first-order valence-corrected chi connectivity index (χ1v) is 8.47. The summed E-state index contributed by atoms with van der Waals surface area (Å²) in [5.41, 5.74) is 4.10. The summed E-state index contributed by atoms with van der Waals surface area (Å²) < 4.78 is 5.08. The Kier molecular flexibility index (Phi) is 5.30. The van der Waals surface area contributed by atoms with Gasteiger partial charge in [0.2, 0.25) is 0 Å². The van der Waals surface area contributed by atoms with Crippen LogP contribution in [0.5, 0.6) is 0 Å². The van der Waals surface area contributed by atoms with Crippen LogP contribution in [0.15, 0.2) is 48.5 Å². The molecule has 0 fully saturated rings. The summed E-state index contributed by atoms with van der Waals surface area (Å²) in [6.07, 6.45) is 0. The molecule has 1 N–H and O–H groups in total. The maximum absolute atomic E-state index is 12.2. The van der Waals surface area contributed by atoms with E-state index >= 15 is 0 Å². The number of carbonyl (C=O) groups is 2. The zero-order valence-corrected chi connectivity index (χ0v) is 15.4. The van der Waals surface area contributed by atoms with E-state index in [1.807, 2.05) is 56.3 Å². The van der Waals surface area contributed by atoms with Crippen LogP contribution in [-0.2, 0) is 9.53 Å². The number of benzene rings is 2. The van der Waals surface area contributed by atoms with Crippen LogP contribution in [-0.4, -0.2) is 33.5 Å². The third-order valence-corrected chi connectivity index (χ3v) is 4.09. The van der Waals surface area contributed by atoms with Crippen molar-refractivity contribution >= 4 is 17.6 Å². The second-order valence-electron chi connectivity index (χ2n) is 6.18. The van der Waals surface area contributed by atoms with Crippen LogP contribution in [0, 0.1) is 20.8 Å². The zero-order valence-electron chi connectivity index (χ0n) is 15.4. The molecule has 0 aliphatic carbocycles. The first-order valence-electron chi connectivity index (χ1n) is 8.47. The molecule has 1 heterocycles. The maximum Gasteiger partial charge on any atom is 0.361 e. The molecular formula is C20H20N4O3. The molecule has 0 radical (unpaired) electrons. The molecule has 0 aliphatic heterocycles. The molecule has 3 rings (SSSR count). The van der Waals surface area contributed by atoms with Crippen molar-refractivity contribution in [2.45, 2.75) is 20.8 Å². The Balaban J connectivity index is 1.61. The molecule has 138 valence electrons. The lowest BCUT2D eigenvalue weighted by molar-refractivity contribution is -0.119. The number of esters is 1. The number of ether oxygens (including phenoxy) is 1. The van der Waals surface area contributed by atoms with Crippen LogP contribution >= 0.6 is 0 Å². The number of para-hydroxylation sites is 1. The number of amides is 1. The minimum Gasteiger partial charge on any atom is -0.451 e. The van der Waals surface area contributed by atoms with Gasteiger partial charge in [-0.3, -0.25) is 4.79 Å². The largest absolute Gasteiger partial charge is 0.451 e. The molecule has 2 aromatic carbocycles. The molecule has 0 saturated carbocycles. The molecule has 0 spiro atoms. The maximum atomic E-state index is 12.2. The van der Waals surface area contributed by atoms with Gasteiger partial charge in [0, 0.05) is 5.69 Å².